The lowest BCUT2D eigenvalue weighted by atomic mass is 9.82. The normalized spacial score (nSPS) is 14.9. The highest BCUT2D eigenvalue weighted by Crippen LogP contribution is 2.50. The zero-order valence-corrected chi connectivity index (χ0v) is 19.3. The molecular formula is C26H24O8. The molecule has 1 N–H and O–H groups in total. The van der Waals surface area contributed by atoms with Crippen molar-refractivity contribution < 1.29 is 33.3 Å². The van der Waals surface area contributed by atoms with E-state index in [4.69, 9.17) is 18.6 Å². The molecule has 0 radical (unpaired) electrons. The van der Waals surface area contributed by atoms with Crippen LogP contribution >= 0.6 is 0 Å². The number of benzene rings is 2. The van der Waals surface area contributed by atoms with Gasteiger partial charge in [-0.2, -0.15) is 0 Å². The number of phenolic OH excluding ortho intramolecular Hbond substituents is 1. The van der Waals surface area contributed by atoms with E-state index >= 15 is 0 Å². The van der Waals surface area contributed by atoms with Gasteiger partial charge in [0.1, 0.15) is 23.5 Å². The smallest absolute Gasteiger partial charge is 0.336 e. The van der Waals surface area contributed by atoms with Crippen molar-refractivity contribution >= 4 is 22.7 Å². The van der Waals surface area contributed by atoms with Crippen LogP contribution < -0.4 is 19.8 Å². The monoisotopic (exact) mass is 464 g/mol. The maximum absolute atomic E-state index is 12.6. The number of aromatic hydroxyl groups is 1. The van der Waals surface area contributed by atoms with E-state index in [0.29, 0.717) is 34.8 Å². The Kier molecular flexibility index (Phi) is 5.91. The van der Waals surface area contributed by atoms with Gasteiger partial charge in [0.05, 0.1) is 18.9 Å². The molecule has 176 valence electrons. The first-order valence-corrected chi connectivity index (χ1v) is 10.6. The molecule has 0 unspecified atom stereocenters. The Morgan fingerprint density at radius 1 is 1.21 bits per heavy atom. The SMILES string of the molecule is C=C(C)COc1ccc([C@@H]2CC(=O)Oc3c(C(C)=O)c(O)c4c(C)cc(=O)oc4c32)cc1OC. The summed E-state index contributed by atoms with van der Waals surface area (Å²) in [7, 11) is 1.50. The summed E-state index contributed by atoms with van der Waals surface area (Å²) in [5.41, 5.74) is 1.58. The molecule has 0 saturated heterocycles. The van der Waals surface area contributed by atoms with Gasteiger partial charge in [-0.3, -0.25) is 9.59 Å². The number of carbonyl (C=O) groups is 2. The van der Waals surface area contributed by atoms with Crippen molar-refractivity contribution in [3.05, 3.63) is 69.1 Å². The second-order valence-electron chi connectivity index (χ2n) is 8.36. The molecule has 0 saturated carbocycles. The minimum atomic E-state index is -0.633. The molecule has 1 aliphatic rings. The molecule has 2 aromatic carbocycles. The Morgan fingerprint density at radius 3 is 2.59 bits per heavy atom. The van der Waals surface area contributed by atoms with Gasteiger partial charge in [0.25, 0.3) is 0 Å². The van der Waals surface area contributed by atoms with Crippen molar-refractivity contribution in [2.75, 3.05) is 13.7 Å². The molecule has 0 spiro atoms. The minimum absolute atomic E-state index is 0.0709. The minimum Gasteiger partial charge on any atom is -0.506 e. The Bertz CT molecular complexity index is 1410. The molecule has 2 heterocycles. The van der Waals surface area contributed by atoms with Gasteiger partial charge in [0.15, 0.2) is 23.0 Å². The van der Waals surface area contributed by atoms with Crippen LogP contribution in [0.4, 0.5) is 0 Å². The van der Waals surface area contributed by atoms with E-state index < -0.39 is 29.0 Å². The quantitative estimate of drug-likeness (QED) is 0.188. The van der Waals surface area contributed by atoms with Gasteiger partial charge >= 0.3 is 11.6 Å². The first-order chi connectivity index (χ1) is 16.1. The lowest BCUT2D eigenvalue weighted by Gasteiger charge is -2.28. The number of ether oxygens (including phenoxy) is 3. The van der Waals surface area contributed by atoms with Gasteiger partial charge in [0, 0.05) is 17.5 Å². The highest BCUT2D eigenvalue weighted by atomic mass is 16.5. The van der Waals surface area contributed by atoms with E-state index in [0.717, 1.165) is 5.57 Å². The molecule has 0 aliphatic carbocycles. The van der Waals surface area contributed by atoms with E-state index in [-0.39, 0.29) is 28.7 Å². The topological polar surface area (TPSA) is 112 Å². The van der Waals surface area contributed by atoms with E-state index in [2.05, 4.69) is 6.58 Å². The van der Waals surface area contributed by atoms with Crippen LogP contribution in [0.5, 0.6) is 23.0 Å². The predicted molar refractivity (Wildman–Crippen MR) is 124 cm³/mol. The summed E-state index contributed by atoms with van der Waals surface area (Å²) in [4.78, 5) is 37.3. The average Bonchev–Trinajstić information content (AvgIpc) is 2.76. The molecule has 0 amide bonds. The number of Topliss-reactive ketones (excluding diaryl/α,β-unsaturated/α-hetero) is 1. The fourth-order valence-corrected chi connectivity index (χ4v) is 4.24. The van der Waals surface area contributed by atoms with Crippen LogP contribution in [0.25, 0.3) is 11.0 Å². The number of phenols is 1. The molecule has 3 aromatic rings. The van der Waals surface area contributed by atoms with Gasteiger partial charge < -0.3 is 23.7 Å². The maximum Gasteiger partial charge on any atom is 0.336 e. The van der Waals surface area contributed by atoms with Crippen molar-refractivity contribution in [3.8, 4) is 23.0 Å². The van der Waals surface area contributed by atoms with Crippen LogP contribution in [-0.4, -0.2) is 30.6 Å². The predicted octanol–water partition coefficient (Wildman–Crippen LogP) is 4.41. The molecule has 34 heavy (non-hydrogen) atoms. The van der Waals surface area contributed by atoms with Gasteiger partial charge in [-0.25, -0.2) is 4.79 Å². The number of fused-ring (bicyclic) bond motifs is 3. The van der Waals surface area contributed by atoms with Crippen molar-refractivity contribution in [3.63, 3.8) is 0 Å². The van der Waals surface area contributed by atoms with Crippen LogP contribution in [0, 0.1) is 6.92 Å². The zero-order chi connectivity index (χ0) is 24.7. The van der Waals surface area contributed by atoms with Crippen LogP contribution in [0.15, 0.2) is 45.6 Å². The van der Waals surface area contributed by atoms with Crippen molar-refractivity contribution in [2.24, 2.45) is 0 Å². The number of hydrogen-bond donors (Lipinski definition) is 1. The first-order valence-electron chi connectivity index (χ1n) is 10.6. The number of hydrogen-bond acceptors (Lipinski definition) is 8. The number of methoxy groups -OCH3 is 1. The molecule has 8 heteroatoms. The van der Waals surface area contributed by atoms with Crippen LogP contribution in [0.3, 0.4) is 0 Å². The summed E-state index contributed by atoms with van der Waals surface area (Å²) in [6, 6.07) is 6.44. The number of esters is 1. The summed E-state index contributed by atoms with van der Waals surface area (Å²) in [5, 5.41) is 11.1. The second kappa shape index (κ2) is 8.70. The maximum atomic E-state index is 12.6. The first kappa shape index (κ1) is 23.1. The fraction of sp³-hybridized carbons (Fsp3) is 0.269. The largest absolute Gasteiger partial charge is 0.506 e. The highest BCUT2D eigenvalue weighted by molar-refractivity contribution is 6.09. The Hall–Kier alpha value is -4.07. The second-order valence-corrected chi connectivity index (χ2v) is 8.36. The van der Waals surface area contributed by atoms with Crippen molar-refractivity contribution in [2.45, 2.75) is 33.1 Å². The standard InChI is InChI=1S/C26H24O8/c1-12(2)11-32-17-7-6-15(9-18(17)31-5)16-10-20(29)34-26-22(14(4)27)24(30)21-13(3)8-19(28)33-25(21)23(16)26/h6-9,16,30H,1,10-11H2,2-5H3/t16-/m0/s1. The third kappa shape index (κ3) is 3.91. The Labute approximate surface area is 195 Å². The number of carbonyl (C=O) groups excluding carboxylic acids is 2. The zero-order valence-electron chi connectivity index (χ0n) is 19.3. The number of aryl methyl sites for hydroxylation is 1. The molecule has 0 fully saturated rings. The van der Waals surface area contributed by atoms with Crippen LogP contribution in [0.2, 0.25) is 0 Å². The van der Waals surface area contributed by atoms with Gasteiger partial charge in [-0.05, 0) is 49.6 Å². The molecular weight excluding hydrogens is 440 g/mol. The third-order valence-corrected chi connectivity index (χ3v) is 5.70. The van der Waals surface area contributed by atoms with E-state index in [1.807, 2.05) is 6.92 Å². The van der Waals surface area contributed by atoms with Gasteiger partial charge in [0.2, 0.25) is 0 Å². The Balaban J connectivity index is 2.01. The van der Waals surface area contributed by atoms with Gasteiger partial charge in [-0.1, -0.05) is 12.6 Å². The summed E-state index contributed by atoms with van der Waals surface area (Å²) in [6.07, 6.45) is -0.0724. The van der Waals surface area contributed by atoms with E-state index in [1.165, 1.54) is 20.1 Å². The van der Waals surface area contributed by atoms with E-state index in [9.17, 15) is 19.5 Å². The molecule has 1 atom stereocenters. The van der Waals surface area contributed by atoms with Crippen LogP contribution in [-0.2, 0) is 4.79 Å². The summed E-state index contributed by atoms with van der Waals surface area (Å²) in [6.45, 7) is 8.88. The molecule has 0 bridgehead atoms. The lowest BCUT2D eigenvalue weighted by molar-refractivity contribution is -0.135. The third-order valence-electron chi connectivity index (χ3n) is 5.70. The molecule has 4 rings (SSSR count). The van der Waals surface area contributed by atoms with E-state index in [1.54, 1.807) is 25.1 Å². The summed E-state index contributed by atoms with van der Waals surface area (Å²) >= 11 is 0. The molecule has 1 aromatic heterocycles. The van der Waals surface area contributed by atoms with Gasteiger partial charge in [-0.15, -0.1) is 0 Å². The summed E-state index contributed by atoms with van der Waals surface area (Å²) < 4.78 is 22.2. The number of rotatable bonds is 6. The molecule has 8 nitrogen and oxygen atoms in total. The summed E-state index contributed by atoms with van der Waals surface area (Å²) in [5.74, 6) is -1.27. The highest BCUT2D eigenvalue weighted by Gasteiger charge is 2.37. The lowest BCUT2D eigenvalue weighted by Crippen LogP contribution is -2.24. The van der Waals surface area contributed by atoms with Crippen molar-refractivity contribution in [1.29, 1.82) is 0 Å². The molecule has 1 aliphatic heterocycles. The fourth-order valence-electron chi connectivity index (χ4n) is 4.24. The average molecular weight is 464 g/mol. The Morgan fingerprint density at radius 2 is 1.94 bits per heavy atom. The van der Waals surface area contributed by atoms with Crippen molar-refractivity contribution in [1.82, 2.24) is 0 Å². The number of ketones is 1. The van der Waals surface area contributed by atoms with Crippen LogP contribution in [0.1, 0.15) is 53.2 Å².